The number of nitrogens with zero attached hydrogens (tertiary/aromatic N) is 4. The van der Waals surface area contributed by atoms with Gasteiger partial charge in [0, 0.05) is 12.6 Å². The lowest BCUT2D eigenvalue weighted by molar-refractivity contribution is 0.608. The molecule has 0 spiro atoms. The highest BCUT2D eigenvalue weighted by molar-refractivity contribution is 5.76. The predicted molar refractivity (Wildman–Crippen MR) is 105 cm³/mol. The molecular formula is C21H15FN4O3. The van der Waals surface area contributed by atoms with Crippen LogP contribution in [0.2, 0.25) is 0 Å². The van der Waals surface area contributed by atoms with Crippen molar-refractivity contribution >= 4 is 17.0 Å². The normalized spacial score (nSPS) is 11.5. The monoisotopic (exact) mass is 390 g/mol. The minimum atomic E-state index is -0.453. The van der Waals surface area contributed by atoms with Gasteiger partial charge in [-0.2, -0.15) is 4.98 Å². The quantitative estimate of drug-likeness (QED) is 0.475. The summed E-state index contributed by atoms with van der Waals surface area (Å²) in [5, 5.41) is 0. The molecule has 3 heterocycles. The number of aromatic nitrogens is 4. The van der Waals surface area contributed by atoms with Gasteiger partial charge in [-0.3, -0.25) is 18.3 Å². The number of imidazole rings is 1. The Morgan fingerprint density at radius 3 is 2.48 bits per heavy atom. The Morgan fingerprint density at radius 2 is 1.76 bits per heavy atom. The molecule has 0 aliphatic carbocycles. The summed E-state index contributed by atoms with van der Waals surface area (Å²) in [6, 6.07) is 15.1. The molecule has 0 aliphatic heterocycles. The molecule has 0 saturated carbocycles. The minimum absolute atomic E-state index is 0.151. The number of oxazole rings is 1. The maximum Gasteiger partial charge on any atom is 0.332 e. The van der Waals surface area contributed by atoms with Gasteiger partial charge in [0.05, 0.1) is 12.7 Å². The maximum atomic E-state index is 13.2. The van der Waals surface area contributed by atoms with E-state index < -0.39 is 11.2 Å². The van der Waals surface area contributed by atoms with Crippen molar-refractivity contribution in [2.45, 2.75) is 6.54 Å². The maximum absolute atomic E-state index is 13.2. The summed E-state index contributed by atoms with van der Waals surface area (Å²) in [5.74, 6) is 0.274. The first-order valence-corrected chi connectivity index (χ1v) is 8.94. The van der Waals surface area contributed by atoms with Gasteiger partial charge in [0.2, 0.25) is 0 Å². The van der Waals surface area contributed by atoms with Gasteiger partial charge in [-0.05, 0) is 29.8 Å². The molecule has 0 bridgehead atoms. The fourth-order valence-electron chi connectivity index (χ4n) is 3.41. The number of fused-ring (bicyclic) bond motifs is 3. The first kappa shape index (κ1) is 17.2. The lowest BCUT2D eigenvalue weighted by Gasteiger charge is -2.08. The van der Waals surface area contributed by atoms with Crippen molar-refractivity contribution in [1.82, 2.24) is 18.5 Å². The van der Waals surface area contributed by atoms with Crippen LogP contribution in [-0.2, 0) is 13.6 Å². The number of hydrogen-bond donors (Lipinski definition) is 0. The average Bonchev–Trinajstić information content (AvgIpc) is 3.29. The van der Waals surface area contributed by atoms with Gasteiger partial charge in [0.1, 0.15) is 5.82 Å². The zero-order valence-corrected chi connectivity index (χ0v) is 15.4. The molecule has 2 aromatic carbocycles. The third-order valence-corrected chi connectivity index (χ3v) is 4.90. The Bertz CT molecular complexity index is 1470. The fraction of sp³-hybridized carbons (Fsp3) is 0.0952. The molecule has 3 aromatic heterocycles. The molecule has 0 saturated heterocycles. The largest absolute Gasteiger partial charge is 0.423 e. The number of halogens is 1. The number of benzene rings is 2. The van der Waals surface area contributed by atoms with Gasteiger partial charge in [-0.15, -0.1) is 0 Å². The number of rotatable bonds is 3. The van der Waals surface area contributed by atoms with Crippen LogP contribution >= 0.6 is 0 Å². The minimum Gasteiger partial charge on any atom is -0.423 e. The highest BCUT2D eigenvalue weighted by Gasteiger charge is 2.20. The molecule has 8 heteroatoms. The number of aryl methyl sites for hydroxylation is 1. The molecule has 0 N–H and O–H groups in total. The zero-order valence-electron chi connectivity index (χ0n) is 15.4. The van der Waals surface area contributed by atoms with Crippen molar-refractivity contribution in [1.29, 1.82) is 0 Å². The van der Waals surface area contributed by atoms with E-state index in [0.29, 0.717) is 11.3 Å². The molecule has 0 aliphatic rings. The molecule has 5 rings (SSSR count). The van der Waals surface area contributed by atoms with Crippen LogP contribution in [0.3, 0.4) is 0 Å². The van der Waals surface area contributed by atoms with Crippen LogP contribution < -0.4 is 11.2 Å². The van der Waals surface area contributed by atoms with Crippen LogP contribution in [0.15, 0.2) is 74.8 Å². The Morgan fingerprint density at radius 1 is 1.03 bits per heavy atom. The Hall–Kier alpha value is -3.94. The van der Waals surface area contributed by atoms with E-state index in [1.54, 1.807) is 25.4 Å². The average molecular weight is 390 g/mol. The first-order chi connectivity index (χ1) is 14.0. The Labute approximate surface area is 162 Å². The third kappa shape index (κ3) is 2.68. The molecule has 7 nitrogen and oxygen atoms in total. The molecule has 0 atom stereocenters. The van der Waals surface area contributed by atoms with E-state index in [1.807, 2.05) is 30.3 Å². The summed E-state index contributed by atoms with van der Waals surface area (Å²) in [4.78, 5) is 30.2. The van der Waals surface area contributed by atoms with E-state index in [4.69, 9.17) is 4.42 Å². The third-order valence-electron chi connectivity index (χ3n) is 4.90. The van der Waals surface area contributed by atoms with E-state index in [2.05, 4.69) is 4.98 Å². The van der Waals surface area contributed by atoms with Crippen LogP contribution in [0.5, 0.6) is 0 Å². The Kier molecular flexibility index (Phi) is 3.73. The SMILES string of the molecule is Cn1c(=O)n(Cc2ccccc2)c(=O)c2c1nc1oc(-c3ccc(F)cc3)cn12. The summed E-state index contributed by atoms with van der Waals surface area (Å²) < 4.78 is 23.0. The van der Waals surface area contributed by atoms with Crippen LogP contribution in [0.25, 0.3) is 28.3 Å². The van der Waals surface area contributed by atoms with Crippen LogP contribution in [-0.4, -0.2) is 18.5 Å². The smallest absolute Gasteiger partial charge is 0.332 e. The molecule has 0 fully saturated rings. The van der Waals surface area contributed by atoms with Crippen molar-refractivity contribution in [2.75, 3.05) is 0 Å². The summed E-state index contributed by atoms with van der Waals surface area (Å²) in [6.07, 6.45) is 1.62. The van der Waals surface area contributed by atoms with E-state index in [0.717, 1.165) is 5.56 Å². The van der Waals surface area contributed by atoms with E-state index in [1.165, 1.54) is 25.7 Å². The van der Waals surface area contributed by atoms with Crippen molar-refractivity contribution in [3.05, 3.63) is 93.0 Å². The van der Waals surface area contributed by atoms with Crippen LogP contribution in [0.1, 0.15) is 5.56 Å². The highest BCUT2D eigenvalue weighted by Crippen LogP contribution is 2.24. The summed E-state index contributed by atoms with van der Waals surface area (Å²) >= 11 is 0. The second kappa shape index (κ2) is 6.30. The number of hydrogen-bond acceptors (Lipinski definition) is 4. The van der Waals surface area contributed by atoms with Crippen molar-refractivity contribution in [3.8, 4) is 11.3 Å². The summed E-state index contributed by atoms with van der Waals surface area (Å²) in [5.41, 5.74) is 1.08. The van der Waals surface area contributed by atoms with Gasteiger partial charge in [0.25, 0.3) is 5.56 Å². The second-order valence-electron chi connectivity index (χ2n) is 6.76. The molecule has 0 unspecified atom stereocenters. The summed E-state index contributed by atoms with van der Waals surface area (Å²) in [7, 11) is 1.57. The molecule has 5 aromatic rings. The van der Waals surface area contributed by atoms with Gasteiger partial charge in [0.15, 0.2) is 16.9 Å². The first-order valence-electron chi connectivity index (χ1n) is 8.94. The lowest BCUT2D eigenvalue weighted by Crippen LogP contribution is -2.39. The van der Waals surface area contributed by atoms with Crippen molar-refractivity contribution in [2.24, 2.45) is 7.05 Å². The van der Waals surface area contributed by atoms with Gasteiger partial charge >= 0.3 is 11.5 Å². The van der Waals surface area contributed by atoms with Gasteiger partial charge < -0.3 is 4.42 Å². The van der Waals surface area contributed by atoms with E-state index in [-0.39, 0.29) is 29.4 Å². The lowest BCUT2D eigenvalue weighted by atomic mass is 10.2. The van der Waals surface area contributed by atoms with Gasteiger partial charge in [-0.1, -0.05) is 30.3 Å². The Balaban J connectivity index is 1.74. The van der Waals surface area contributed by atoms with E-state index in [9.17, 15) is 14.0 Å². The molecule has 0 amide bonds. The topological polar surface area (TPSA) is 74.4 Å². The van der Waals surface area contributed by atoms with Crippen LogP contribution in [0, 0.1) is 5.82 Å². The van der Waals surface area contributed by atoms with Crippen molar-refractivity contribution in [3.63, 3.8) is 0 Å². The van der Waals surface area contributed by atoms with Gasteiger partial charge in [-0.25, -0.2) is 9.18 Å². The second-order valence-corrected chi connectivity index (χ2v) is 6.76. The van der Waals surface area contributed by atoms with Crippen molar-refractivity contribution < 1.29 is 8.81 Å². The molecule has 144 valence electrons. The molecular weight excluding hydrogens is 375 g/mol. The highest BCUT2D eigenvalue weighted by atomic mass is 19.1. The standard InChI is InChI=1S/C21H15FN4O3/c1-24-18-17(19(27)26(21(24)28)11-13-5-3-2-4-6-13)25-12-16(29-20(25)23-18)14-7-9-15(22)10-8-14/h2-10,12H,11H2,1H3. The molecule has 29 heavy (non-hydrogen) atoms. The van der Waals surface area contributed by atoms with E-state index >= 15 is 0 Å². The fourth-order valence-corrected chi connectivity index (χ4v) is 3.41. The molecule has 0 radical (unpaired) electrons. The van der Waals surface area contributed by atoms with Crippen LogP contribution in [0.4, 0.5) is 4.39 Å². The predicted octanol–water partition coefficient (Wildman–Crippen LogP) is 2.80. The zero-order chi connectivity index (χ0) is 20.1. The summed E-state index contributed by atoms with van der Waals surface area (Å²) in [6.45, 7) is 0.151.